The van der Waals surface area contributed by atoms with E-state index < -0.39 is 11.1 Å². The van der Waals surface area contributed by atoms with Gasteiger partial charge in [0.2, 0.25) is 0 Å². The van der Waals surface area contributed by atoms with Crippen LogP contribution in [0.25, 0.3) is 6.08 Å². The summed E-state index contributed by atoms with van der Waals surface area (Å²) in [5.74, 6) is 0.0966. The van der Waals surface area contributed by atoms with Gasteiger partial charge in [0.15, 0.2) is 17.3 Å². The van der Waals surface area contributed by atoms with Crippen LogP contribution in [0.5, 0.6) is 11.5 Å². The van der Waals surface area contributed by atoms with Gasteiger partial charge in [0.25, 0.3) is 11.1 Å². The number of nitrogens with zero attached hydrogens (tertiary/aromatic N) is 1. The Balaban J connectivity index is 1.52. The Morgan fingerprint density at radius 2 is 1.80 bits per heavy atom. The van der Waals surface area contributed by atoms with Gasteiger partial charge in [0, 0.05) is 16.1 Å². The van der Waals surface area contributed by atoms with Crippen molar-refractivity contribution < 1.29 is 23.9 Å². The van der Waals surface area contributed by atoms with Gasteiger partial charge in [-0.15, -0.1) is 0 Å². The van der Waals surface area contributed by atoms with Crippen molar-refractivity contribution in [3.8, 4) is 11.5 Å². The molecule has 0 bridgehead atoms. The lowest BCUT2D eigenvalue weighted by Gasteiger charge is -2.14. The van der Waals surface area contributed by atoms with Gasteiger partial charge in [-0.1, -0.05) is 60.1 Å². The Hall–Kier alpha value is -3.07. The minimum Gasteiger partial charge on any atom is -0.493 e. The third kappa shape index (κ3) is 5.78. The van der Waals surface area contributed by atoms with Gasteiger partial charge in [-0.05, 0) is 57.5 Å². The van der Waals surface area contributed by atoms with Crippen LogP contribution in [0.3, 0.4) is 0 Å². The number of thioether (sulfide) groups is 1. The van der Waals surface area contributed by atoms with Gasteiger partial charge in [0.05, 0.1) is 23.0 Å². The van der Waals surface area contributed by atoms with Crippen LogP contribution in [-0.2, 0) is 11.4 Å². The molecule has 1 saturated heterocycles. The molecule has 178 valence electrons. The Morgan fingerprint density at radius 1 is 1.09 bits per heavy atom. The lowest BCUT2D eigenvalue weighted by molar-refractivity contribution is -0.122. The van der Waals surface area contributed by atoms with Crippen LogP contribution in [0.15, 0.2) is 76.1 Å². The van der Waals surface area contributed by atoms with Crippen molar-refractivity contribution in [3.63, 3.8) is 0 Å². The summed E-state index contributed by atoms with van der Waals surface area (Å²) in [4.78, 5) is 39.0. The van der Waals surface area contributed by atoms with E-state index in [1.54, 1.807) is 54.6 Å². The monoisotopic (exact) mass is 571 g/mol. The smallest absolute Gasteiger partial charge is 0.293 e. The number of carbonyl (C=O) groups is 3. The molecule has 0 radical (unpaired) electrons. The highest BCUT2D eigenvalue weighted by Gasteiger charge is 2.36. The van der Waals surface area contributed by atoms with E-state index in [2.05, 4.69) is 15.9 Å². The largest absolute Gasteiger partial charge is 0.493 e. The first kappa shape index (κ1) is 25.0. The average Bonchev–Trinajstić information content (AvgIpc) is 3.11. The molecule has 0 N–H and O–H groups in total. The molecule has 0 aromatic heterocycles. The van der Waals surface area contributed by atoms with E-state index in [-0.39, 0.29) is 23.8 Å². The number of hydrogen-bond acceptors (Lipinski definition) is 6. The lowest BCUT2D eigenvalue weighted by atomic mass is 10.1. The molecule has 1 aliphatic rings. The highest BCUT2D eigenvalue weighted by molar-refractivity contribution is 9.10. The maximum Gasteiger partial charge on any atom is 0.293 e. The second-order valence-electron chi connectivity index (χ2n) is 7.47. The second kappa shape index (κ2) is 11.1. The maximum absolute atomic E-state index is 12.9. The van der Waals surface area contributed by atoms with E-state index in [0.717, 1.165) is 22.2 Å². The Labute approximate surface area is 220 Å². The molecule has 3 aromatic carbocycles. The van der Waals surface area contributed by atoms with Gasteiger partial charge in [-0.2, -0.15) is 0 Å². The SMILES string of the molecule is COc1cc(/C=C2/SC(=O)N(CC(=O)c3ccccc3)C2=O)cc(Br)c1OCc1ccccc1Cl. The molecular weight excluding hydrogens is 554 g/mol. The normalized spacial score (nSPS) is 14.5. The van der Waals surface area contributed by atoms with E-state index in [1.807, 2.05) is 18.2 Å². The minimum atomic E-state index is -0.515. The highest BCUT2D eigenvalue weighted by atomic mass is 79.9. The first-order valence-corrected chi connectivity index (χ1v) is 12.4. The van der Waals surface area contributed by atoms with Gasteiger partial charge in [0.1, 0.15) is 6.61 Å². The first-order valence-electron chi connectivity index (χ1n) is 10.4. The Morgan fingerprint density at radius 3 is 2.51 bits per heavy atom. The highest BCUT2D eigenvalue weighted by Crippen LogP contribution is 2.39. The third-order valence-electron chi connectivity index (χ3n) is 5.15. The summed E-state index contributed by atoms with van der Waals surface area (Å²) in [7, 11) is 1.51. The standard InChI is InChI=1S/C26H19BrClNO5S/c1-33-22-12-16(11-19(27)24(22)34-15-18-9-5-6-10-20(18)28)13-23-25(31)29(26(32)35-23)14-21(30)17-7-3-2-4-8-17/h2-13H,14-15H2,1H3/b23-13+. The molecule has 3 aromatic rings. The van der Waals surface area contributed by atoms with Crippen molar-refractivity contribution in [1.82, 2.24) is 4.90 Å². The summed E-state index contributed by atoms with van der Waals surface area (Å²) in [6, 6.07) is 19.4. The molecule has 0 aliphatic carbocycles. The summed E-state index contributed by atoms with van der Waals surface area (Å²) in [5, 5.41) is 0.108. The fourth-order valence-corrected chi connectivity index (χ4v) is 4.98. The zero-order valence-corrected chi connectivity index (χ0v) is 21.7. The number of amides is 2. The fraction of sp³-hybridized carbons (Fsp3) is 0.115. The molecular formula is C26H19BrClNO5S. The number of hydrogen-bond donors (Lipinski definition) is 0. The summed E-state index contributed by atoms with van der Waals surface area (Å²) >= 11 is 10.5. The Bertz CT molecular complexity index is 1330. The number of rotatable bonds is 8. The molecule has 9 heteroatoms. The zero-order chi connectivity index (χ0) is 24.9. The van der Waals surface area contributed by atoms with Gasteiger partial charge in [-0.3, -0.25) is 19.3 Å². The van der Waals surface area contributed by atoms with E-state index >= 15 is 0 Å². The van der Waals surface area contributed by atoms with Crippen molar-refractivity contribution in [3.05, 3.63) is 97.8 Å². The number of Topliss-reactive ketones (excluding diaryl/α,β-unsaturated/α-hetero) is 1. The van der Waals surface area contributed by atoms with Crippen LogP contribution in [0.1, 0.15) is 21.5 Å². The van der Waals surface area contributed by atoms with Crippen LogP contribution < -0.4 is 9.47 Å². The van der Waals surface area contributed by atoms with Crippen LogP contribution in [0.4, 0.5) is 4.79 Å². The molecule has 0 unspecified atom stereocenters. The maximum atomic E-state index is 12.9. The van der Waals surface area contributed by atoms with Crippen molar-refractivity contribution in [2.75, 3.05) is 13.7 Å². The molecule has 0 atom stereocenters. The van der Waals surface area contributed by atoms with Crippen LogP contribution in [0, 0.1) is 0 Å². The summed E-state index contributed by atoms with van der Waals surface area (Å²) in [5.41, 5.74) is 1.89. The number of imide groups is 1. The number of ether oxygens (including phenoxy) is 2. The number of carbonyl (C=O) groups excluding carboxylic acids is 3. The van der Waals surface area contributed by atoms with E-state index in [9.17, 15) is 14.4 Å². The minimum absolute atomic E-state index is 0.217. The molecule has 2 amide bonds. The number of methoxy groups -OCH3 is 1. The fourth-order valence-electron chi connectivity index (χ4n) is 3.38. The average molecular weight is 573 g/mol. The first-order chi connectivity index (χ1) is 16.9. The predicted octanol–water partition coefficient (Wildman–Crippen LogP) is 6.61. The van der Waals surface area contributed by atoms with Gasteiger partial charge in [-0.25, -0.2) is 0 Å². The van der Waals surface area contributed by atoms with Crippen molar-refractivity contribution in [1.29, 1.82) is 0 Å². The van der Waals surface area contributed by atoms with Crippen molar-refractivity contribution in [2.24, 2.45) is 0 Å². The van der Waals surface area contributed by atoms with E-state index in [4.69, 9.17) is 21.1 Å². The second-order valence-corrected chi connectivity index (χ2v) is 9.73. The van der Waals surface area contributed by atoms with Crippen LogP contribution in [0.2, 0.25) is 5.02 Å². The summed E-state index contributed by atoms with van der Waals surface area (Å²) < 4.78 is 12.0. The molecule has 6 nitrogen and oxygen atoms in total. The number of halogens is 2. The Kier molecular flexibility index (Phi) is 7.95. The third-order valence-corrected chi connectivity index (χ3v) is 7.02. The van der Waals surface area contributed by atoms with Crippen LogP contribution in [-0.4, -0.2) is 35.5 Å². The molecule has 1 heterocycles. The zero-order valence-electron chi connectivity index (χ0n) is 18.5. The molecule has 35 heavy (non-hydrogen) atoms. The van der Waals surface area contributed by atoms with Crippen molar-refractivity contribution >= 4 is 62.3 Å². The number of ketones is 1. The molecule has 1 fully saturated rings. The quantitative estimate of drug-likeness (QED) is 0.223. The number of benzene rings is 3. The molecule has 0 spiro atoms. The summed E-state index contributed by atoms with van der Waals surface area (Å²) in [6.07, 6.45) is 1.59. The van der Waals surface area contributed by atoms with E-state index in [1.165, 1.54) is 7.11 Å². The topological polar surface area (TPSA) is 72.9 Å². The lowest BCUT2D eigenvalue weighted by Crippen LogP contribution is -2.33. The molecule has 1 aliphatic heterocycles. The van der Waals surface area contributed by atoms with E-state index in [0.29, 0.717) is 32.1 Å². The van der Waals surface area contributed by atoms with Crippen LogP contribution >= 0.6 is 39.3 Å². The van der Waals surface area contributed by atoms with Gasteiger partial charge >= 0.3 is 0 Å². The van der Waals surface area contributed by atoms with Crippen molar-refractivity contribution in [2.45, 2.75) is 6.61 Å². The molecule has 0 saturated carbocycles. The molecule has 4 rings (SSSR count). The van der Waals surface area contributed by atoms with Gasteiger partial charge < -0.3 is 9.47 Å². The summed E-state index contributed by atoms with van der Waals surface area (Å²) in [6.45, 7) is -0.0732. The predicted molar refractivity (Wildman–Crippen MR) is 140 cm³/mol.